The van der Waals surface area contributed by atoms with Gasteiger partial charge in [-0.1, -0.05) is 0 Å². The molecule has 1 aromatic rings. The molecule has 4 heteroatoms. The molecule has 2 bridgehead atoms. The minimum Gasteiger partial charge on any atom is -0.492 e. The Balaban J connectivity index is 1.17. The van der Waals surface area contributed by atoms with Crippen molar-refractivity contribution >= 4 is 0 Å². The standard InChI is InChI=1S/C20H26N2O2/c1-2-24-11-3-10(6-21-8-11)7-22-9-20(23)18-13-5-14-16-12(13)4-15(18)17(16)19(14)20/h3,6,8,12-19,22-23H,2,4-5,7,9H2,1H3. The van der Waals surface area contributed by atoms with Crippen molar-refractivity contribution in [2.75, 3.05) is 13.2 Å². The Morgan fingerprint density at radius 1 is 1.17 bits per heavy atom. The molecule has 4 nitrogen and oxygen atoms in total. The van der Waals surface area contributed by atoms with Gasteiger partial charge >= 0.3 is 0 Å². The predicted molar refractivity (Wildman–Crippen MR) is 89.2 cm³/mol. The third-order valence-electron chi connectivity index (χ3n) is 8.34. The van der Waals surface area contributed by atoms with Crippen LogP contribution in [0.25, 0.3) is 0 Å². The van der Waals surface area contributed by atoms with E-state index in [1.807, 2.05) is 19.2 Å². The second-order valence-electron chi connectivity index (χ2n) is 8.89. The van der Waals surface area contributed by atoms with Crippen molar-refractivity contribution < 1.29 is 9.84 Å². The van der Waals surface area contributed by atoms with E-state index in [4.69, 9.17) is 4.74 Å². The summed E-state index contributed by atoms with van der Waals surface area (Å²) in [7, 11) is 0. The van der Waals surface area contributed by atoms with Crippen molar-refractivity contribution in [3.05, 3.63) is 24.0 Å². The van der Waals surface area contributed by atoms with E-state index in [2.05, 4.69) is 10.3 Å². The third kappa shape index (κ3) is 1.47. The molecule has 1 heterocycles. The maximum Gasteiger partial charge on any atom is 0.137 e. The van der Waals surface area contributed by atoms with Gasteiger partial charge in [-0.15, -0.1) is 0 Å². The Bertz CT molecular complexity index is 688. The van der Waals surface area contributed by atoms with E-state index in [1.54, 1.807) is 6.20 Å². The van der Waals surface area contributed by atoms with Gasteiger partial charge in [0, 0.05) is 19.3 Å². The highest BCUT2D eigenvalue weighted by Crippen LogP contribution is 2.85. The first-order valence-corrected chi connectivity index (χ1v) is 9.72. The van der Waals surface area contributed by atoms with Crippen molar-refractivity contribution in [3.8, 4) is 5.75 Å². The smallest absolute Gasteiger partial charge is 0.137 e. The Labute approximate surface area is 143 Å². The fraction of sp³-hybridized carbons (Fsp3) is 0.750. The van der Waals surface area contributed by atoms with Crippen LogP contribution in [-0.4, -0.2) is 28.8 Å². The number of ether oxygens (including phenoxy) is 1. The maximum atomic E-state index is 11.6. The number of nitrogens with one attached hydrogen (secondary N) is 1. The molecule has 2 N–H and O–H groups in total. The first kappa shape index (κ1) is 14.1. The number of hydrogen-bond acceptors (Lipinski definition) is 4. The van der Waals surface area contributed by atoms with Crippen LogP contribution in [0, 0.1) is 47.3 Å². The van der Waals surface area contributed by atoms with E-state index < -0.39 is 5.60 Å². The predicted octanol–water partition coefficient (Wildman–Crippen LogP) is 2.08. The molecular weight excluding hydrogens is 300 g/mol. The molecule has 5 fully saturated rings. The largest absolute Gasteiger partial charge is 0.492 e. The molecule has 0 amide bonds. The van der Waals surface area contributed by atoms with Crippen LogP contribution >= 0.6 is 0 Å². The summed E-state index contributed by atoms with van der Waals surface area (Å²) in [6.07, 6.45) is 6.51. The SMILES string of the molecule is CCOc1cncc(CNCC2(O)C3C4CC5C6C4CC3C6C52)c1. The lowest BCUT2D eigenvalue weighted by atomic mass is 9.56. The van der Waals surface area contributed by atoms with Crippen LogP contribution in [0.1, 0.15) is 25.3 Å². The summed E-state index contributed by atoms with van der Waals surface area (Å²) >= 11 is 0. The van der Waals surface area contributed by atoms with Crippen LogP contribution in [-0.2, 0) is 6.54 Å². The van der Waals surface area contributed by atoms with E-state index in [0.29, 0.717) is 18.4 Å². The molecule has 5 aliphatic carbocycles. The van der Waals surface area contributed by atoms with Gasteiger partial charge in [-0.25, -0.2) is 0 Å². The van der Waals surface area contributed by atoms with Gasteiger partial charge in [0.25, 0.3) is 0 Å². The summed E-state index contributed by atoms with van der Waals surface area (Å²) in [4.78, 5) is 4.26. The molecule has 0 aromatic carbocycles. The summed E-state index contributed by atoms with van der Waals surface area (Å²) in [5.74, 6) is 7.42. The summed E-state index contributed by atoms with van der Waals surface area (Å²) < 4.78 is 5.53. The van der Waals surface area contributed by atoms with Gasteiger partial charge in [0.05, 0.1) is 18.4 Å². The van der Waals surface area contributed by atoms with Crippen LogP contribution in [0.15, 0.2) is 18.5 Å². The average molecular weight is 326 g/mol. The monoisotopic (exact) mass is 326 g/mol. The fourth-order valence-corrected chi connectivity index (χ4v) is 8.17. The minimum atomic E-state index is -0.435. The quantitative estimate of drug-likeness (QED) is 0.840. The zero-order chi connectivity index (χ0) is 16.1. The Kier molecular flexibility index (Phi) is 2.66. The van der Waals surface area contributed by atoms with Crippen molar-refractivity contribution in [3.63, 3.8) is 0 Å². The molecule has 1 aromatic heterocycles. The van der Waals surface area contributed by atoms with E-state index >= 15 is 0 Å². The van der Waals surface area contributed by atoms with E-state index in [-0.39, 0.29) is 0 Å². The fourth-order valence-electron chi connectivity index (χ4n) is 8.17. The highest BCUT2D eigenvalue weighted by molar-refractivity contribution is 5.32. The molecule has 9 atom stereocenters. The number of nitrogens with zero attached hydrogens (tertiary/aromatic N) is 1. The number of fused-ring (bicyclic) bond motifs is 2. The zero-order valence-corrected chi connectivity index (χ0v) is 14.2. The van der Waals surface area contributed by atoms with Crippen LogP contribution in [0.4, 0.5) is 0 Å². The lowest BCUT2D eigenvalue weighted by Crippen LogP contribution is -2.58. The van der Waals surface area contributed by atoms with Gasteiger partial charge < -0.3 is 15.2 Å². The Morgan fingerprint density at radius 3 is 2.88 bits per heavy atom. The van der Waals surface area contributed by atoms with Gasteiger partial charge in [-0.05, 0) is 78.7 Å². The van der Waals surface area contributed by atoms with Gasteiger partial charge in [0.1, 0.15) is 5.75 Å². The second kappa shape index (κ2) is 4.53. The van der Waals surface area contributed by atoms with E-state index in [9.17, 15) is 5.11 Å². The van der Waals surface area contributed by atoms with Crippen molar-refractivity contribution in [2.24, 2.45) is 47.3 Å². The Morgan fingerprint density at radius 2 is 2.00 bits per heavy atom. The third-order valence-corrected chi connectivity index (χ3v) is 8.34. The number of aromatic nitrogens is 1. The first-order chi connectivity index (χ1) is 11.7. The molecule has 5 saturated carbocycles. The highest BCUT2D eigenvalue weighted by Gasteiger charge is 2.84. The first-order valence-electron chi connectivity index (χ1n) is 9.72. The van der Waals surface area contributed by atoms with Gasteiger partial charge in [-0.2, -0.15) is 0 Å². The van der Waals surface area contributed by atoms with Gasteiger partial charge in [0.2, 0.25) is 0 Å². The minimum absolute atomic E-state index is 0.435. The van der Waals surface area contributed by atoms with E-state index in [1.165, 1.54) is 12.8 Å². The van der Waals surface area contributed by atoms with Gasteiger partial charge in [-0.3, -0.25) is 4.98 Å². The van der Waals surface area contributed by atoms with Crippen molar-refractivity contribution in [2.45, 2.75) is 31.9 Å². The van der Waals surface area contributed by atoms with Gasteiger partial charge in [0.15, 0.2) is 0 Å². The maximum absolute atomic E-state index is 11.6. The summed E-state index contributed by atoms with van der Waals surface area (Å²) in [6.45, 7) is 4.16. The number of hydrogen-bond donors (Lipinski definition) is 2. The molecule has 128 valence electrons. The summed E-state index contributed by atoms with van der Waals surface area (Å²) in [5, 5.41) is 15.1. The van der Waals surface area contributed by atoms with Crippen LogP contribution < -0.4 is 10.1 Å². The average Bonchev–Trinajstić information content (AvgIpc) is 3.07. The van der Waals surface area contributed by atoms with Crippen LogP contribution in [0.5, 0.6) is 5.75 Å². The lowest BCUT2D eigenvalue weighted by Gasteiger charge is -2.51. The molecule has 0 spiro atoms. The van der Waals surface area contributed by atoms with Crippen LogP contribution in [0.2, 0.25) is 0 Å². The molecule has 0 radical (unpaired) electrons. The molecule has 9 unspecified atom stereocenters. The van der Waals surface area contributed by atoms with Crippen molar-refractivity contribution in [1.29, 1.82) is 0 Å². The topological polar surface area (TPSA) is 54.4 Å². The molecule has 0 saturated heterocycles. The Hall–Kier alpha value is -1.13. The molecule has 5 aliphatic rings. The molecular formula is C20H26N2O2. The second-order valence-corrected chi connectivity index (χ2v) is 8.89. The number of rotatable bonds is 6. The van der Waals surface area contributed by atoms with E-state index in [0.717, 1.165) is 59.9 Å². The lowest BCUT2D eigenvalue weighted by molar-refractivity contribution is -0.128. The molecule has 24 heavy (non-hydrogen) atoms. The zero-order valence-electron chi connectivity index (χ0n) is 14.2. The number of pyridine rings is 1. The molecule has 6 rings (SSSR count). The normalized spacial score (nSPS) is 51.4. The molecule has 0 aliphatic heterocycles. The summed E-state index contributed by atoms with van der Waals surface area (Å²) in [6, 6.07) is 2.05. The highest BCUT2D eigenvalue weighted by atomic mass is 16.5. The number of aliphatic hydroxyl groups is 1. The van der Waals surface area contributed by atoms with Crippen molar-refractivity contribution in [1.82, 2.24) is 10.3 Å². The summed E-state index contributed by atoms with van der Waals surface area (Å²) in [5.41, 5.74) is 0.696. The van der Waals surface area contributed by atoms with Crippen LogP contribution in [0.3, 0.4) is 0 Å².